The molecule has 1 unspecified atom stereocenters. The lowest BCUT2D eigenvalue weighted by Crippen LogP contribution is -2.35. The van der Waals surface area contributed by atoms with Crippen molar-refractivity contribution >= 4 is 16.9 Å². The highest BCUT2D eigenvalue weighted by Gasteiger charge is 2.34. The Kier molecular flexibility index (Phi) is 4.23. The van der Waals surface area contributed by atoms with E-state index in [4.69, 9.17) is 14.5 Å². The maximum atomic E-state index is 13.0. The Morgan fingerprint density at radius 2 is 2.14 bits per heavy atom. The van der Waals surface area contributed by atoms with Crippen molar-refractivity contribution in [2.24, 2.45) is 0 Å². The fourth-order valence-electron chi connectivity index (χ4n) is 4.40. The highest BCUT2D eigenvalue weighted by molar-refractivity contribution is 5.79. The van der Waals surface area contributed by atoms with E-state index in [9.17, 15) is 4.79 Å². The maximum absolute atomic E-state index is 13.0. The number of ether oxygens (including phenoxy) is 2. The number of likely N-dealkylation sites (tertiary alicyclic amines) is 1. The Labute approximate surface area is 169 Å². The minimum atomic E-state index is -0.243. The number of H-pyrrole nitrogens is 1. The molecule has 2 aliphatic rings. The van der Waals surface area contributed by atoms with Crippen molar-refractivity contribution in [2.45, 2.75) is 44.8 Å². The summed E-state index contributed by atoms with van der Waals surface area (Å²) in [6.07, 6.45) is 2.71. The summed E-state index contributed by atoms with van der Waals surface area (Å²) >= 11 is 0. The van der Waals surface area contributed by atoms with Crippen LogP contribution in [0.3, 0.4) is 0 Å². The van der Waals surface area contributed by atoms with Crippen LogP contribution in [0.1, 0.15) is 44.1 Å². The van der Waals surface area contributed by atoms with Crippen LogP contribution >= 0.6 is 0 Å². The van der Waals surface area contributed by atoms with Gasteiger partial charge in [0.2, 0.25) is 0 Å². The number of carbonyl (C=O) groups excluding carboxylic acids is 1. The molecular weight excluding hydrogens is 366 g/mol. The normalized spacial score (nSPS) is 19.9. The van der Waals surface area contributed by atoms with E-state index in [0.717, 1.165) is 54.0 Å². The Bertz CT molecular complexity index is 1040. The van der Waals surface area contributed by atoms with Crippen LogP contribution in [0, 0.1) is 0 Å². The topological polar surface area (TPSA) is 67.5 Å². The van der Waals surface area contributed by atoms with Gasteiger partial charge in [0.25, 0.3) is 5.91 Å². The molecule has 6 heteroatoms. The number of rotatable bonds is 4. The van der Waals surface area contributed by atoms with Crippen LogP contribution in [-0.4, -0.2) is 39.5 Å². The summed E-state index contributed by atoms with van der Waals surface area (Å²) < 4.78 is 12.0. The van der Waals surface area contributed by atoms with Gasteiger partial charge in [-0.15, -0.1) is 0 Å². The van der Waals surface area contributed by atoms with Crippen molar-refractivity contribution in [1.29, 1.82) is 0 Å². The maximum Gasteiger partial charge on any atom is 0.261 e. The molecule has 6 nitrogen and oxygen atoms in total. The number of aromatic amines is 1. The molecule has 1 aromatic heterocycles. The van der Waals surface area contributed by atoms with Crippen molar-refractivity contribution in [3.05, 3.63) is 53.9 Å². The van der Waals surface area contributed by atoms with Gasteiger partial charge in [0.05, 0.1) is 17.1 Å². The molecule has 0 saturated carbocycles. The van der Waals surface area contributed by atoms with Crippen molar-refractivity contribution in [3.8, 4) is 11.5 Å². The van der Waals surface area contributed by atoms with Crippen LogP contribution in [0.25, 0.3) is 11.0 Å². The number of nitrogens with zero attached hydrogens (tertiary/aromatic N) is 2. The first-order valence-electron chi connectivity index (χ1n) is 10.2. The minimum absolute atomic E-state index is 0.00301. The second-order valence-corrected chi connectivity index (χ2v) is 8.46. The second kappa shape index (κ2) is 6.79. The number of aromatic nitrogens is 2. The van der Waals surface area contributed by atoms with Crippen LogP contribution in [0.5, 0.6) is 11.5 Å². The molecule has 3 heterocycles. The van der Waals surface area contributed by atoms with Gasteiger partial charge in [0.15, 0.2) is 18.1 Å². The predicted molar refractivity (Wildman–Crippen MR) is 110 cm³/mol. The zero-order chi connectivity index (χ0) is 20.0. The molecule has 150 valence electrons. The van der Waals surface area contributed by atoms with Gasteiger partial charge >= 0.3 is 0 Å². The third-order valence-electron chi connectivity index (χ3n) is 5.70. The number of carbonyl (C=O) groups is 1. The quantitative estimate of drug-likeness (QED) is 0.729. The van der Waals surface area contributed by atoms with Gasteiger partial charge in [-0.3, -0.25) is 4.79 Å². The summed E-state index contributed by atoms with van der Waals surface area (Å²) in [5.41, 5.74) is 2.81. The number of imidazole rings is 1. The van der Waals surface area contributed by atoms with Gasteiger partial charge in [0, 0.05) is 18.5 Å². The standard InChI is InChI=1S/C23H25N3O3/c1-23(2)13-15-7-5-11-19(21(15)29-23)28-14-20(27)26-12-6-10-18(26)22-24-16-8-3-4-9-17(16)25-22/h3-5,7-9,11,18H,6,10,12-14H2,1-2H3,(H,24,25). The summed E-state index contributed by atoms with van der Waals surface area (Å²) in [6, 6.07) is 13.8. The molecule has 0 bridgehead atoms. The number of hydrogen-bond acceptors (Lipinski definition) is 4. The number of para-hydroxylation sites is 3. The fraction of sp³-hybridized carbons (Fsp3) is 0.391. The fourth-order valence-corrected chi connectivity index (χ4v) is 4.40. The second-order valence-electron chi connectivity index (χ2n) is 8.46. The molecule has 1 amide bonds. The third kappa shape index (κ3) is 3.33. The Morgan fingerprint density at radius 1 is 1.28 bits per heavy atom. The van der Waals surface area contributed by atoms with Crippen LogP contribution < -0.4 is 9.47 Å². The van der Waals surface area contributed by atoms with Crippen LogP contribution in [0.4, 0.5) is 0 Å². The summed E-state index contributed by atoms with van der Waals surface area (Å²) in [7, 11) is 0. The number of nitrogens with one attached hydrogen (secondary N) is 1. The van der Waals surface area contributed by atoms with E-state index in [2.05, 4.69) is 24.9 Å². The molecule has 0 spiro atoms. The van der Waals surface area contributed by atoms with Crippen molar-refractivity contribution in [3.63, 3.8) is 0 Å². The van der Waals surface area contributed by atoms with Gasteiger partial charge in [-0.05, 0) is 44.9 Å². The summed E-state index contributed by atoms with van der Waals surface area (Å²) in [6.45, 7) is 4.84. The number of benzene rings is 2. The van der Waals surface area contributed by atoms with Crippen molar-refractivity contribution in [2.75, 3.05) is 13.2 Å². The third-order valence-corrected chi connectivity index (χ3v) is 5.70. The summed E-state index contributed by atoms with van der Waals surface area (Å²) in [5.74, 6) is 2.23. The van der Waals surface area contributed by atoms with E-state index in [-0.39, 0.29) is 24.2 Å². The van der Waals surface area contributed by atoms with Gasteiger partial charge in [-0.1, -0.05) is 24.3 Å². The predicted octanol–water partition coefficient (Wildman–Crippen LogP) is 4.02. The first-order valence-corrected chi connectivity index (χ1v) is 10.2. The van der Waals surface area contributed by atoms with Crippen molar-refractivity contribution in [1.82, 2.24) is 14.9 Å². The molecule has 1 saturated heterocycles. The molecular formula is C23H25N3O3. The van der Waals surface area contributed by atoms with E-state index < -0.39 is 0 Å². The molecule has 1 N–H and O–H groups in total. The van der Waals surface area contributed by atoms with E-state index in [1.54, 1.807) is 0 Å². The lowest BCUT2D eigenvalue weighted by Gasteiger charge is -2.23. The molecule has 3 aromatic rings. The van der Waals surface area contributed by atoms with E-state index in [0.29, 0.717) is 5.75 Å². The average molecular weight is 391 g/mol. The van der Waals surface area contributed by atoms with E-state index in [1.165, 1.54) is 0 Å². The summed E-state index contributed by atoms with van der Waals surface area (Å²) in [5, 5.41) is 0. The number of fused-ring (bicyclic) bond motifs is 2. The molecule has 2 aliphatic heterocycles. The molecule has 0 aliphatic carbocycles. The lowest BCUT2D eigenvalue weighted by molar-refractivity contribution is -0.134. The number of amides is 1. The highest BCUT2D eigenvalue weighted by atomic mass is 16.5. The average Bonchev–Trinajstić information content (AvgIpc) is 3.40. The van der Waals surface area contributed by atoms with Gasteiger partial charge < -0.3 is 19.4 Å². The smallest absolute Gasteiger partial charge is 0.261 e. The van der Waals surface area contributed by atoms with Crippen LogP contribution in [-0.2, 0) is 11.2 Å². The number of hydrogen-bond donors (Lipinski definition) is 1. The van der Waals surface area contributed by atoms with Gasteiger partial charge in [-0.2, -0.15) is 0 Å². The zero-order valence-corrected chi connectivity index (χ0v) is 16.8. The van der Waals surface area contributed by atoms with E-state index >= 15 is 0 Å². The Morgan fingerprint density at radius 3 is 3.00 bits per heavy atom. The molecule has 5 rings (SSSR count). The van der Waals surface area contributed by atoms with Gasteiger partial charge in [-0.25, -0.2) is 4.98 Å². The van der Waals surface area contributed by atoms with Crippen molar-refractivity contribution < 1.29 is 14.3 Å². The first-order chi connectivity index (χ1) is 14.0. The zero-order valence-electron chi connectivity index (χ0n) is 16.8. The Balaban J connectivity index is 1.31. The summed E-state index contributed by atoms with van der Waals surface area (Å²) in [4.78, 5) is 22.9. The van der Waals surface area contributed by atoms with Crippen LogP contribution in [0.2, 0.25) is 0 Å². The van der Waals surface area contributed by atoms with E-state index in [1.807, 2.05) is 41.3 Å². The van der Waals surface area contributed by atoms with Gasteiger partial charge in [0.1, 0.15) is 11.4 Å². The first kappa shape index (κ1) is 18.0. The largest absolute Gasteiger partial charge is 0.483 e. The van der Waals surface area contributed by atoms with Crippen LogP contribution in [0.15, 0.2) is 42.5 Å². The monoisotopic (exact) mass is 391 g/mol. The lowest BCUT2D eigenvalue weighted by atomic mass is 10.0. The minimum Gasteiger partial charge on any atom is -0.483 e. The molecule has 2 aromatic carbocycles. The molecule has 1 atom stereocenters. The molecule has 29 heavy (non-hydrogen) atoms. The molecule has 1 fully saturated rings. The SMILES string of the molecule is CC1(C)Cc2cccc(OCC(=O)N3CCCC3c3nc4ccccc4[nH]3)c2O1. The highest BCUT2D eigenvalue weighted by Crippen LogP contribution is 2.42. The Hall–Kier alpha value is -3.02. The molecule has 0 radical (unpaired) electrons.